The lowest BCUT2D eigenvalue weighted by Crippen LogP contribution is -2.36. The number of nitro benzene ring substituents is 1. The summed E-state index contributed by atoms with van der Waals surface area (Å²) in [7, 11) is 0. The Hall–Kier alpha value is -2.92. The third-order valence-electron chi connectivity index (χ3n) is 4.91. The van der Waals surface area contributed by atoms with Crippen molar-refractivity contribution in [1.82, 2.24) is 4.90 Å². The van der Waals surface area contributed by atoms with E-state index >= 15 is 0 Å². The lowest BCUT2D eigenvalue weighted by molar-refractivity contribution is -0.384. The fourth-order valence-electron chi connectivity index (χ4n) is 3.11. The first-order valence-electron chi connectivity index (χ1n) is 9.86. The van der Waals surface area contributed by atoms with Crippen LogP contribution in [0.5, 0.6) is 0 Å². The molecule has 0 aromatic heterocycles. The molecule has 31 heavy (non-hydrogen) atoms. The van der Waals surface area contributed by atoms with Gasteiger partial charge in [0, 0.05) is 19.2 Å². The molecule has 0 radical (unpaired) electrons. The molecule has 166 valence electrons. The number of ether oxygens (including phenoxy) is 2. The number of rotatable bonds is 7. The summed E-state index contributed by atoms with van der Waals surface area (Å²) < 4.78 is 10.4. The summed E-state index contributed by atoms with van der Waals surface area (Å²) in [6, 6.07) is 4.65. The van der Waals surface area contributed by atoms with Gasteiger partial charge in [0.2, 0.25) is 0 Å². The number of imide groups is 1. The number of thioether (sulfide) groups is 1. The molecule has 2 aliphatic rings. The van der Waals surface area contributed by atoms with Crippen molar-refractivity contribution < 1.29 is 28.8 Å². The molecule has 3 rings (SSSR count). The van der Waals surface area contributed by atoms with Crippen molar-refractivity contribution in [2.75, 3.05) is 37.7 Å². The molecule has 11 heteroatoms. The summed E-state index contributed by atoms with van der Waals surface area (Å²) >= 11 is 0.684. The van der Waals surface area contributed by atoms with Crippen LogP contribution in [0, 0.1) is 10.1 Å². The summed E-state index contributed by atoms with van der Waals surface area (Å²) in [5.41, 5.74) is 0.801. The summed E-state index contributed by atoms with van der Waals surface area (Å²) in [6.07, 6.45) is 1.72. The second-order valence-electron chi connectivity index (χ2n) is 7.08. The van der Waals surface area contributed by atoms with Crippen LogP contribution in [0.15, 0.2) is 23.1 Å². The number of carbonyl (C=O) groups excluding carboxylic acids is 3. The summed E-state index contributed by atoms with van der Waals surface area (Å²) in [5.74, 6) is -1.29. The minimum Gasteiger partial charge on any atom is -0.461 e. The fraction of sp³-hybridized carbons (Fsp3) is 0.450. The van der Waals surface area contributed by atoms with Crippen molar-refractivity contribution >= 4 is 46.3 Å². The molecule has 1 aromatic carbocycles. The number of hydrogen-bond acceptors (Lipinski definition) is 9. The van der Waals surface area contributed by atoms with Crippen molar-refractivity contribution in [1.29, 1.82) is 0 Å². The molecule has 0 spiro atoms. The Kier molecular flexibility index (Phi) is 7.29. The molecule has 0 saturated carbocycles. The van der Waals surface area contributed by atoms with Crippen LogP contribution in [0.4, 0.5) is 16.2 Å². The molecule has 0 unspecified atom stereocenters. The highest BCUT2D eigenvalue weighted by molar-refractivity contribution is 8.18. The van der Waals surface area contributed by atoms with Crippen molar-refractivity contribution in [3.05, 3.63) is 38.8 Å². The second-order valence-corrected chi connectivity index (χ2v) is 8.07. The Morgan fingerprint density at radius 2 is 2.06 bits per heavy atom. The number of benzene rings is 1. The first-order valence-corrected chi connectivity index (χ1v) is 10.7. The maximum atomic E-state index is 12.6. The third-order valence-corrected chi connectivity index (χ3v) is 5.82. The van der Waals surface area contributed by atoms with E-state index in [1.807, 2.05) is 11.8 Å². The molecule has 0 bridgehead atoms. The SMILES string of the molecule is CC[C@@H](C)OC(=O)CN1C(=O)S/C(=C\c2ccc(N3CCOCC3)c([N+](=O)[O-])c2)C1=O. The van der Waals surface area contributed by atoms with Gasteiger partial charge in [0.25, 0.3) is 16.8 Å². The summed E-state index contributed by atoms with van der Waals surface area (Å²) in [4.78, 5) is 50.7. The highest BCUT2D eigenvalue weighted by Gasteiger charge is 2.37. The van der Waals surface area contributed by atoms with Gasteiger partial charge in [-0.1, -0.05) is 13.0 Å². The summed E-state index contributed by atoms with van der Waals surface area (Å²) in [5, 5.41) is 11.0. The van der Waals surface area contributed by atoms with Gasteiger partial charge in [0.1, 0.15) is 12.2 Å². The number of carbonyl (C=O) groups is 3. The van der Waals surface area contributed by atoms with Crippen molar-refractivity contribution in [3.63, 3.8) is 0 Å². The molecule has 2 fully saturated rings. The standard InChI is InChI=1S/C20H23N3O7S/c1-3-13(2)30-18(24)12-22-19(25)17(31-20(22)26)11-14-4-5-15(16(10-14)23(27)28)21-6-8-29-9-7-21/h4-5,10-11,13H,3,6-9,12H2,1-2H3/b17-11-/t13-/m1/s1. The zero-order valence-electron chi connectivity index (χ0n) is 17.2. The monoisotopic (exact) mass is 449 g/mol. The first kappa shape index (κ1) is 22.8. The number of anilines is 1. The maximum Gasteiger partial charge on any atom is 0.326 e. The van der Waals surface area contributed by atoms with Crippen LogP contribution in [0.3, 0.4) is 0 Å². The summed E-state index contributed by atoms with van der Waals surface area (Å²) in [6.45, 7) is 5.18. The van der Waals surface area contributed by atoms with E-state index in [4.69, 9.17) is 9.47 Å². The quantitative estimate of drug-likeness (QED) is 0.268. The van der Waals surface area contributed by atoms with E-state index in [0.717, 1.165) is 4.90 Å². The Bertz CT molecular complexity index is 927. The predicted octanol–water partition coefficient (Wildman–Crippen LogP) is 2.81. The van der Waals surface area contributed by atoms with Crippen LogP contribution < -0.4 is 4.90 Å². The van der Waals surface area contributed by atoms with E-state index in [1.54, 1.807) is 19.1 Å². The number of amides is 2. The van der Waals surface area contributed by atoms with Gasteiger partial charge in [-0.3, -0.25) is 29.4 Å². The number of esters is 1. The van der Waals surface area contributed by atoms with E-state index in [1.165, 1.54) is 12.1 Å². The second kappa shape index (κ2) is 9.92. The zero-order valence-corrected chi connectivity index (χ0v) is 18.1. The van der Waals surface area contributed by atoms with Crippen molar-refractivity contribution in [3.8, 4) is 0 Å². The van der Waals surface area contributed by atoms with Crippen LogP contribution in [-0.4, -0.2) is 65.9 Å². The van der Waals surface area contributed by atoms with Crippen molar-refractivity contribution in [2.45, 2.75) is 26.4 Å². The topological polar surface area (TPSA) is 119 Å². The van der Waals surface area contributed by atoms with Gasteiger partial charge in [0.15, 0.2) is 0 Å². The molecule has 2 amide bonds. The van der Waals surface area contributed by atoms with Gasteiger partial charge >= 0.3 is 5.97 Å². The lowest BCUT2D eigenvalue weighted by atomic mass is 10.1. The van der Waals surface area contributed by atoms with E-state index in [-0.39, 0.29) is 16.7 Å². The molecule has 0 aliphatic carbocycles. The van der Waals surface area contributed by atoms with Gasteiger partial charge < -0.3 is 14.4 Å². The van der Waals surface area contributed by atoms with Crippen LogP contribution >= 0.6 is 11.8 Å². The van der Waals surface area contributed by atoms with E-state index in [0.29, 0.717) is 55.7 Å². The molecule has 1 aromatic rings. The van der Waals surface area contributed by atoms with Crippen LogP contribution in [0.2, 0.25) is 0 Å². The molecule has 2 aliphatic heterocycles. The Labute approximate surface area is 183 Å². The van der Waals surface area contributed by atoms with Crippen LogP contribution in [0.1, 0.15) is 25.8 Å². The highest BCUT2D eigenvalue weighted by Crippen LogP contribution is 2.35. The lowest BCUT2D eigenvalue weighted by Gasteiger charge is -2.28. The van der Waals surface area contributed by atoms with E-state index < -0.39 is 28.6 Å². The average molecular weight is 449 g/mol. The van der Waals surface area contributed by atoms with Gasteiger partial charge in [-0.15, -0.1) is 0 Å². The Balaban J connectivity index is 1.78. The smallest absolute Gasteiger partial charge is 0.326 e. The largest absolute Gasteiger partial charge is 0.461 e. The maximum absolute atomic E-state index is 12.6. The van der Waals surface area contributed by atoms with Gasteiger partial charge in [-0.2, -0.15) is 0 Å². The highest BCUT2D eigenvalue weighted by atomic mass is 32.2. The van der Waals surface area contributed by atoms with Crippen LogP contribution in [0.25, 0.3) is 6.08 Å². The van der Waals surface area contributed by atoms with E-state index in [9.17, 15) is 24.5 Å². The fourth-order valence-corrected chi connectivity index (χ4v) is 3.95. The minimum absolute atomic E-state index is 0.0907. The predicted molar refractivity (Wildman–Crippen MR) is 115 cm³/mol. The average Bonchev–Trinajstić information content (AvgIpc) is 3.01. The molecule has 2 saturated heterocycles. The van der Waals surface area contributed by atoms with Crippen molar-refractivity contribution in [2.24, 2.45) is 0 Å². The number of morpholine rings is 1. The molecule has 2 heterocycles. The zero-order chi connectivity index (χ0) is 22.5. The van der Waals surface area contributed by atoms with Gasteiger partial charge in [-0.05, 0) is 42.8 Å². The molecule has 1 atom stereocenters. The Morgan fingerprint density at radius 1 is 1.35 bits per heavy atom. The molecular weight excluding hydrogens is 426 g/mol. The van der Waals surface area contributed by atoms with E-state index in [2.05, 4.69) is 0 Å². The molecular formula is C20H23N3O7S. The number of nitro groups is 1. The third kappa shape index (κ3) is 5.42. The minimum atomic E-state index is -0.664. The number of hydrogen-bond donors (Lipinski definition) is 0. The molecule has 10 nitrogen and oxygen atoms in total. The van der Waals surface area contributed by atoms with Gasteiger partial charge in [-0.25, -0.2) is 0 Å². The van der Waals surface area contributed by atoms with Crippen LogP contribution in [-0.2, 0) is 19.1 Å². The first-order chi connectivity index (χ1) is 14.8. The number of nitrogens with zero attached hydrogens (tertiary/aromatic N) is 3. The van der Waals surface area contributed by atoms with Gasteiger partial charge in [0.05, 0.1) is 29.1 Å². The Morgan fingerprint density at radius 3 is 2.71 bits per heavy atom. The molecule has 0 N–H and O–H groups in total. The normalized spacial score (nSPS) is 19.1.